The van der Waals surface area contributed by atoms with Crippen LogP contribution < -0.4 is 4.72 Å². The Morgan fingerprint density at radius 2 is 1.83 bits per heavy atom. The maximum absolute atomic E-state index is 12.3. The van der Waals surface area contributed by atoms with Crippen LogP contribution in [0.3, 0.4) is 0 Å². The average molecular weight is 329 g/mol. The second-order valence-corrected chi connectivity index (χ2v) is 6.73. The van der Waals surface area contributed by atoms with Crippen molar-refractivity contribution in [3.05, 3.63) is 66.0 Å². The molecule has 0 aliphatic carbocycles. The summed E-state index contributed by atoms with van der Waals surface area (Å²) in [4.78, 5) is 0. The number of aryl methyl sites for hydroxylation is 1. The molecule has 0 spiro atoms. The van der Waals surface area contributed by atoms with Crippen molar-refractivity contribution in [1.82, 2.24) is 20.0 Å². The quantitative estimate of drug-likeness (QED) is 0.772. The lowest BCUT2D eigenvalue weighted by molar-refractivity contribution is 0.600. The molecule has 0 aliphatic heterocycles. The number of nitrogens with one attached hydrogen (secondary N) is 1. The van der Waals surface area contributed by atoms with E-state index in [1.165, 1.54) is 10.9 Å². The van der Waals surface area contributed by atoms with Gasteiger partial charge in [0.05, 0.1) is 17.6 Å². The summed E-state index contributed by atoms with van der Waals surface area (Å²) in [5.41, 5.74) is 1.48. The van der Waals surface area contributed by atoms with Crippen molar-refractivity contribution in [3.63, 3.8) is 0 Å². The Balaban J connectivity index is 1.83. The third kappa shape index (κ3) is 3.72. The molecule has 2 aromatic heterocycles. The maximum atomic E-state index is 12.3. The van der Waals surface area contributed by atoms with Crippen molar-refractivity contribution >= 4 is 15.8 Å². The van der Waals surface area contributed by atoms with Gasteiger partial charge in [0.1, 0.15) is 5.82 Å². The van der Waals surface area contributed by atoms with Crippen LogP contribution in [0.1, 0.15) is 11.3 Å². The number of rotatable bonds is 5. The van der Waals surface area contributed by atoms with Gasteiger partial charge in [-0.25, -0.2) is 8.42 Å². The molecular formula is C15H15N5O2S. The van der Waals surface area contributed by atoms with Crippen molar-refractivity contribution in [2.24, 2.45) is 0 Å². The van der Waals surface area contributed by atoms with Gasteiger partial charge in [0.2, 0.25) is 10.0 Å². The molecule has 0 fully saturated rings. The molecule has 1 aromatic carbocycles. The zero-order chi connectivity index (χ0) is 16.3. The average Bonchev–Trinajstić information content (AvgIpc) is 2.96. The van der Waals surface area contributed by atoms with Gasteiger partial charge < -0.3 is 0 Å². The largest absolute Gasteiger partial charge is 0.267 e. The number of aromatic nitrogens is 4. The Hall–Kier alpha value is -2.74. The smallest absolute Gasteiger partial charge is 0.238 e. The lowest BCUT2D eigenvalue weighted by Crippen LogP contribution is -2.18. The summed E-state index contributed by atoms with van der Waals surface area (Å²) in [5.74, 6) is 0.649. The molecule has 7 nitrogen and oxygen atoms in total. The van der Waals surface area contributed by atoms with E-state index in [0.29, 0.717) is 17.2 Å². The first-order chi connectivity index (χ1) is 11.0. The summed E-state index contributed by atoms with van der Waals surface area (Å²) >= 11 is 0. The van der Waals surface area contributed by atoms with Gasteiger partial charge in [-0.15, -0.1) is 5.10 Å². The second-order valence-electron chi connectivity index (χ2n) is 5.01. The molecule has 118 valence electrons. The summed E-state index contributed by atoms with van der Waals surface area (Å²) in [7, 11) is -3.56. The van der Waals surface area contributed by atoms with Gasteiger partial charge in [-0.1, -0.05) is 30.3 Å². The summed E-state index contributed by atoms with van der Waals surface area (Å²) in [6.45, 7) is 1.82. The third-order valence-corrected chi connectivity index (χ3v) is 4.34. The molecule has 0 atom stereocenters. The van der Waals surface area contributed by atoms with E-state index in [1.54, 1.807) is 42.5 Å². The van der Waals surface area contributed by atoms with Crippen LogP contribution in [-0.4, -0.2) is 28.4 Å². The lowest BCUT2D eigenvalue weighted by atomic mass is 10.2. The highest BCUT2D eigenvalue weighted by Gasteiger charge is 2.15. The predicted molar refractivity (Wildman–Crippen MR) is 86.6 cm³/mol. The van der Waals surface area contributed by atoms with Gasteiger partial charge in [0.25, 0.3) is 0 Å². The van der Waals surface area contributed by atoms with Crippen molar-refractivity contribution in [3.8, 4) is 5.82 Å². The Kier molecular flexibility index (Phi) is 4.07. The van der Waals surface area contributed by atoms with Crippen LogP contribution in [0.15, 0.2) is 54.7 Å². The molecule has 2 heterocycles. The number of benzene rings is 1. The van der Waals surface area contributed by atoms with E-state index in [0.717, 1.165) is 5.69 Å². The number of hydrogen-bond donors (Lipinski definition) is 1. The summed E-state index contributed by atoms with van der Waals surface area (Å²) in [6.07, 6.45) is 1.50. The van der Waals surface area contributed by atoms with Crippen LogP contribution >= 0.6 is 0 Å². The maximum Gasteiger partial charge on any atom is 0.238 e. The molecule has 0 saturated carbocycles. The Morgan fingerprint density at radius 1 is 1.04 bits per heavy atom. The summed E-state index contributed by atoms with van der Waals surface area (Å²) in [5, 5.41) is 12.1. The van der Waals surface area contributed by atoms with Gasteiger partial charge in [0.15, 0.2) is 5.82 Å². The molecule has 0 bridgehead atoms. The van der Waals surface area contributed by atoms with Gasteiger partial charge >= 0.3 is 0 Å². The fourth-order valence-electron chi connectivity index (χ4n) is 2.06. The van der Waals surface area contributed by atoms with E-state index in [2.05, 4.69) is 20.0 Å². The highest BCUT2D eigenvalue weighted by molar-refractivity contribution is 7.91. The molecule has 8 heteroatoms. The number of sulfonamides is 1. The van der Waals surface area contributed by atoms with Gasteiger partial charge in [-0.05, 0) is 24.6 Å². The van der Waals surface area contributed by atoms with Gasteiger partial charge in [-0.2, -0.15) is 14.9 Å². The molecular weight excluding hydrogens is 314 g/mol. The Morgan fingerprint density at radius 3 is 2.52 bits per heavy atom. The summed E-state index contributed by atoms with van der Waals surface area (Å²) < 4.78 is 28.6. The minimum atomic E-state index is -3.56. The zero-order valence-corrected chi connectivity index (χ0v) is 13.2. The molecule has 0 radical (unpaired) electrons. The number of hydrogen-bond acceptors (Lipinski definition) is 5. The normalized spacial score (nSPS) is 11.3. The highest BCUT2D eigenvalue weighted by Crippen LogP contribution is 2.15. The fraction of sp³-hybridized carbons (Fsp3) is 0.133. The molecule has 0 aliphatic rings. The third-order valence-electron chi connectivity index (χ3n) is 3.10. The van der Waals surface area contributed by atoms with E-state index in [1.807, 2.05) is 13.0 Å². The standard InChI is InChI=1S/C15H15N5O2S/c1-12-7-8-14(18-17-12)20-15(9-10-16-20)19-23(21,22)11-13-5-3-2-4-6-13/h2-10,19H,11H2,1H3. The minimum absolute atomic E-state index is 0.113. The number of anilines is 1. The van der Waals surface area contributed by atoms with Crippen LogP contribution in [0.5, 0.6) is 0 Å². The molecule has 3 rings (SSSR count). The minimum Gasteiger partial charge on any atom is -0.267 e. The molecule has 3 aromatic rings. The first-order valence-corrected chi connectivity index (χ1v) is 8.58. The summed E-state index contributed by atoms with van der Waals surface area (Å²) in [6, 6.07) is 14.1. The molecule has 0 unspecified atom stereocenters. The van der Waals surface area contributed by atoms with Crippen molar-refractivity contribution < 1.29 is 8.42 Å². The van der Waals surface area contributed by atoms with Crippen molar-refractivity contribution in [2.45, 2.75) is 12.7 Å². The first kappa shape index (κ1) is 15.2. The SMILES string of the molecule is Cc1ccc(-n2nccc2NS(=O)(=O)Cc2ccccc2)nn1. The van der Waals surface area contributed by atoms with Crippen LogP contribution in [0.25, 0.3) is 5.82 Å². The van der Waals surface area contributed by atoms with E-state index in [4.69, 9.17) is 0 Å². The zero-order valence-electron chi connectivity index (χ0n) is 12.4. The molecule has 0 saturated heterocycles. The van der Waals surface area contributed by atoms with E-state index < -0.39 is 10.0 Å². The van der Waals surface area contributed by atoms with E-state index >= 15 is 0 Å². The highest BCUT2D eigenvalue weighted by atomic mass is 32.2. The molecule has 1 N–H and O–H groups in total. The van der Waals surface area contributed by atoms with Crippen LogP contribution in [0, 0.1) is 6.92 Å². The lowest BCUT2D eigenvalue weighted by Gasteiger charge is -2.10. The monoisotopic (exact) mass is 329 g/mol. The fourth-order valence-corrected chi connectivity index (χ4v) is 3.23. The van der Waals surface area contributed by atoms with Gasteiger partial charge in [-0.3, -0.25) is 4.72 Å². The molecule has 0 amide bonds. The second kappa shape index (κ2) is 6.17. The van der Waals surface area contributed by atoms with E-state index in [9.17, 15) is 8.42 Å². The topological polar surface area (TPSA) is 89.8 Å². The van der Waals surface area contributed by atoms with Crippen molar-refractivity contribution in [2.75, 3.05) is 4.72 Å². The molecule has 23 heavy (non-hydrogen) atoms. The Bertz CT molecular complexity index is 889. The van der Waals surface area contributed by atoms with Crippen molar-refractivity contribution in [1.29, 1.82) is 0 Å². The van der Waals surface area contributed by atoms with Crippen LogP contribution in [0.2, 0.25) is 0 Å². The van der Waals surface area contributed by atoms with E-state index in [-0.39, 0.29) is 5.75 Å². The van der Waals surface area contributed by atoms with Crippen LogP contribution in [0.4, 0.5) is 5.82 Å². The predicted octanol–water partition coefficient (Wildman–Crippen LogP) is 1.91. The van der Waals surface area contributed by atoms with Crippen LogP contribution in [-0.2, 0) is 15.8 Å². The van der Waals surface area contributed by atoms with Gasteiger partial charge in [0, 0.05) is 6.07 Å². The Labute approximate surface area is 134 Å². The number of nitrogens with zero attached hydrogens (tertiary/aromatic N) is 4. The first-order valence-electron chi connectivity index (χ1n) is 6.93.